The smallest absolute Gasteiger partial charge is 0.320 e. The van der Waals surface area contributed by atoms with Crippen molar-refractivity contribution in [3.8, 4) is 0 Å². The molecule has 4 N–H and O–H groups in total. The number of nitrogens with two attached hydrogens (primary N) is 2. The number of aromatic nitrogens is 2. The van der Waals surface area contributed by atoms with Crippen LogP contribution in [0.25, 0.3) is 21.8 Å². The highest BCUT2D eigenvalue weighted by molar-refractivity contribution is 6.31. The third kappa shape index (κ3) is 4.51. The predicted molar refractivity (Wildman–Crippen MR) is 150 cm³/mol. The molecule has 4 heterocycles. The number of anilines is 4. The van der Waals surface area contributed by atoms with Gasteiger partial charge in [0.2, 0.25) is 0 Å². The average molecular weight is 517 g/mol. The second kappa shape index (κ2) is 9.48. The van der Waals surface area contributed by atoms with E-state index >= 15 is 0 Å². The zero-order valence-electron chi connectivity index (χ0n) is 20.5. The molecule has 4 aromatic rings. The van der Waals surface area contributed by atoms with Crippen LogP contribution in [0.15, 0.2) is 54.6 Å². The molecule has 0 bridgehead atoms. The Kier molecular flexibility index (Phi) is 6.00. The molecule has 2 amide bonds. The standard InChI is InChI=1S/C27H29ClN8O/c28-18-5-6-20-22(15-18)32-26(30)17-24(20)34-9-13-36(14-10-34)27(37)35-11-7-33(8-12-35)23-16-25(29)31-21-4-2-1-3-19(21)23/h1-6,15-17H,7-14H2,(H2,29,31)(H2,30,32). The summed E-state index contributed by atoms with van der Waals surface area (Å²) in [6.45, 7) is 5.62. The molecule has 0 aliphatic carbocycles. The Morgan fingerprint density at radius 1 is 0.676 bits per heavy atom. The van der Waals surface area contributed by atoms with Gasteiger partial charge in [0.1, 0.15) is 11.6 Å². The number of amides is 2. The summed E-state index contributed by atoms with van der Waals surface area (Å²) in [6, 6.07) is 17.7. The number of hydrogen-bond acceptors (Lipinski definition) is 7. The Morgan fingerprint density at radius 2 is 1.19 bits per heavy atom. The average Bonchev–Trinajstić information content (AvgIpc) is 2.91. The Labute approximate surface area is 220 Å². The van der Waals surface area contributed by atoms with Crippen LogP contribution in [-0.2, 0) is 0 Å². The molecule has 0 atom stereocenters. The maximum absolute atomic E-state index is 13.4. The van der Waals surface area contributed by atoms with Crippen LogP contribution in [0, 0.1) is 0 Å². The number of benzene rings is 2. The number of nitrogens with zero attached hydrogens (tertiary/aromatic N) is 6. The van der Waals surface area contributed by atoms with Crippen molar-refractivity contribution in [2.75, 3.05) is 73.6 Å². The highest BCUT2D eigenvalue weighted by Gasteiger charge is 2.29. The maximum atomic E-state index is 13.4. The van der Waals surface area contributed by atoms with Gasteiger partial charge in [-0.15, -0.1) is 0 Å². The summed E-state index contributed by atoms with van der Waals surface area (Å²) in [5, 5.41) is 2.73. The monoisotopic (exact) mass is 516 g/mol. The molecular formula is C27H29ClN8O. The SMILES string of the molecule is Nc1cc(N2CCN(C(=O)N3CCN(c4cc(N)nc5cc(Cl)ccc45)CC3)CC2)c2ccccc2n1. The van der Waals surface area contributed by atoms with Crippen molar-refractivity contribution in [1.82, 2.24) is 19.8 Å². The van der Waals surface area contributed by atoms with E-state index in [4.69, 9.17) is 23.1 Å². The number of piperazine rings is 2. The van der Waals surface area contributed by atoms with Gasteiger partial charge in [0, 0.05) is 91.7 Å². The second-order valence-corrected chi connectivity index (χ2v) is 9.98. The molecule has 2 aliphatic rings. The Morgan fingerprint density at radius 3 is 1.78 bits per heavy atom. The van der Waals surface area contributed by atoms with Crippen LogP contribution >= 0.6 is 11.6 Å². The fourth-order valence-electron chi connectivity index (χ4n) is 5.38. The number of hydrogen-bond donors (Lipinski definition) is 2. The molecule has 0 radical (unpaired) electrons. The zero-order valence-corrected chi connectivity index (χ0v) is 21.2. The normalized spacial score (nSPS) is 16.6. The topological polar surface area (TPSA) is 108 Å². The van der Waals surface area contributed by atoms with Crippen molar-refractivity contribution < 1.29 is 4.79 Å². The van der Waals surface area contributed by atoms with E-state index in [2.05, 4.69) is 25.8 Å². The van der Waals surface area contributed by atoms with Crippen LogP contribution in [0.2, 0.25) is 5.02 Å². The minimum absolute atomic E-state index is 0.101. The largest absolute Gasteiger partial charge is 0.384 e. The Balaban J connectivity index is 1.10. The van der Waals surface area contributed by atoms with Crippen molar-refractivity contribution in [3.05, 3.63) is 59.6 Å². The van der Waals surface area contributed by atoms with Crippen molar-refractivity contribution in [2.24, 2.45) is 0 Å². The number of carbonyl (C=O) groups is 1. The summed E-state index contributed by atoms with van der Waals surface area (Å²) in [5.74, 6) is 0.974. The first-order valence-electron chi connectivity index (χ1n) is 12.5. The summed E-state index contributed by atoms with van der Waals surface area (Å²) < 4.78 is 0. The fourth-order valence-corrected chi connectivity index (χ4v) is 5.55. The van der Waals surface area contributed by atoms with Gasteiger partial charge in [-0.1, -0.05) is 29.8 Å². The molecule has 2 aromatic heterocycles. The van der Waals surface area contributed by atoms with Crippen LogP contribution in [0.3, 0.4) is 0 Å². The van der Waals surface area contributed by atoms with E-state index in [1.165, 1.54) is 0 Å². The third-order valence-electron chi connectivity index (χ3n) is 7.27. The van der Waals surface area contributed by atoms with Crippen molar-refractivity contribution in [2.45, 2.75) is 0 Å². The minimum Gasteiger partial charge on any atom is -0.384 e. The molecule has 2 aliphatic heterocycles. The molecule has 0 unspecified atom stereocenters. The quantitative estimate of drug-likeness (QED) is 0.418. The second-order valence-electron chi connectivity index (χ2n) is 9.54. The molecule has 2 saturated heterocycles. The van der Waals surface area contributed by atoms with Gasteiger partial charge in [-0.2, -0.15) is 0 Å². The van der Waals surface area contributed by atoms with Crippen LogP contribution in [0.5, 0.6) is 0 Å². The number of pyridine rings is 2. The highest BCUT2D eigenvalue weighted by atomic mass is 35.5. The first-order chi connectivity index (χ1) is 18.0. The molecule has 9 nitrogen and oxygen atoms in total. The van der Waals surface area contributed by atoms with Gasteiger partial charge in [0.25, 0.3) is 0 Å². The summed E-state index contributed by atoms with van der Waals surface area (Å²) in [6.07, 6.45) is 0. The summed E-state index contributed by atoms with van der Waals surface area (Å²) in [7, 11) is 0. The van der Waals surface area contributed by atoms with E-state index < -0.39 is 0 Å². The molecule has 37 heavy (non-hydrogen) atoms. The molecule has 10 heteroatoms. The van der Waals surface area contributed by atoms with Gasteiger partial charge in [0.05, 0.1) is 11.0 Å². The molecule has 2 fully saturated rings. The minimum atomic E-state index is 0.101. The van der Waals surface area contributed by atoms with Crippen LogP contribution in [-0.4, -0.2) is 78.2 Å². The number of urea groups is 1. The van der Waals surface area contributed by atoms with Gasteiger partial charge in [-0.3, -0.25) is 0 Å². The third-order valence-corrected chi connectivity index (χ3v) is 7.50. The van der Waals surface area contributed by atoms with Gasteiger partial charge >= 0.3 is 6.03 Å². The molecule has 6 rings (SSSR count). The van der Waals surface area contributed by atoms with E-state index in [0.29, 0.717) is 42.8 Å². The number of halogens is 1. The van der Waals surface area contributed by atoms with Gasteiger partial charge in [-0.05, 0) is 24.3 Å². The Hall–Kier alpha value is -3.98. The summed E-state index contributed by atoms with van der Waals surface area (Å²) in [4.78, 5) is 30.7. The lowest BCUT2D eigenvalue weighted by Crippen LogP contribution is -2.57. The Bertz CT molecular complexity index is 1470. The van der Waals surface area contributed by atoms with Crippen LogP contribution in [0.4, 0.5) is 27.8 Å². The zero-order chi connectivity index (χ0) is 25.5. The molecule has 2 aromatic carbocycles. The fraction of sp³-hybridized carbons (Fsp3) is 0.296. The first kappa shape index (κ1) is 23.4. The molecule has 0 saturated carbocycles. The number of rotatable bonds is 2. The number of nitrogen functional groups attached to an aromatic ring is 2. The van der Waals surface area contributed by atoms with Gasteiger partial charge < -0.3 is 31.1 Å². The first-order valence-corrected chi connectivity index (χ1v) is 12.9. The molecule has 190 valence electrons. The van der Waals surface area contributed by atoms with Gasteiger partial charge in [-0.25, -0.2) is 14.8 Å². The number of fused-ring (bicyclic) bond motifs is 2. The van der Waals surface area contributed by atoms with Crippen molar-refractivity contribution in [3.63, 3.8) is 0 Å². The molecule has 0 spiro atoms. The van der Waals surface area contributed by atoms with Crippen molar-refractivity contribution in [1.29, 1.82) is 0 Å². The number of para-hydroxylation sites is 1. The van der Waals surface area contributed by atoms with E-state index in [1.54, 1.807) is 0 Å². The van der Waals surface area contributed by atoms with E-state index in [0.717, 1.165) is 59.4 Å². The van der Waals surface area contributed by atoms with Crippen LogP contribution < -0.4 is 21.3 Å². The van der Waals surface area contributed by atoms with Crippen LogP contribution in [0.1, 0.15) is 0 Å². The lowest BCUT2D eigenvalue weighted by Gasteiger charge is -2.42. The van der Waals surface area contributed by atoms with Gasteiger partial charge in [0.15, 0.2) is 0 Å². The van der Waals surface area contributed by atoms with E-state index in [-0.39, 0.29) is 6.03 Å². The van der Waals surface area contributed by atoms with E-state index in [1.807, 2.05) is 58.3 Å². The lowest BCUT2D eigenvalue weighted by molar-refractivity contribution is 0.147. The lowest BCUT2D eigenvalue weighted by atomic mass is 10.1. The maximum Gasteiger partial charge on any atom is 0.320 e. The molecular weight excluding hydrogens is 488 g/mol. The van der Waals surface area contributed by atoms with E-state index in [9.17, 15) is 4.79 Å². The van der Waals surface area contributed by atoms with Crippen molar-refractivity contribution >= 4 is 62.4 Å². The predicted octanol–water partition coefficient (Wildman–Crippen LogP) is 3.67. The summed E-state index contributed by atoms with van der Waals surface area (Å²) >= 11 is 6.16. The number of carbonyl (C=O) groups excluding carboxylic acids is 1. The highest BCUT2D eigenvalue weighted by Crippen LogP contribution is 2.31. The summed E-state index contributed by atoms with van der Waals surface area (Å²) in [5.41, 5.74) is 15.9.